The summed E-state index contributed by atoms with van der Waals surface area (Å²) in [6.07, 6.45) is 6.03. The quantitative estimate of drug-likeness (QED) is 0.428. The summed E-state index contributed by atoms with van der Waals surface area (Å²) in [5.74, 6) is 0.613. The van der Waals surface area contributed by atoms with Gasteiger partial charge >= 0.3 is 5.69 Å². The van der Waals surface area contributed by atoms with E-state index < -0.39 is 0 Å². The standard InChI is InChI=1S/C23H24N6O/c1-27-14-18(16-8-2-4-10-19(16)27)22-25-26-23(30)29(22)21-15-28(13-7-6-12-24)20-11-5-3-9-17(20)21/h2-5,8-11,14-15H,6-7,12-13,24H2,1H3,(H,26,30). The molecule has 0 fully saturated rings. The minimum Gasteiger partial charge on any atom is -0.350 e. The summed E-state index contributed by atoms with van der Waals surface area (Å²) in [5.41, 5.74) is 9.37. The Hall–Kier alpha value is -3.58. The van der Waals surface area contributed by atoms with E-state index in [1.165, 1.54) is 0 Å². The molecule has 3 N–H and O–H groups in total. The fourth-order valence-corrected chi connectivity index (χ4v) is 4.24. The number of aromatic nitrogens is 5. The third kappa shape index (κ3) is 2.86. The summed E-state index contributed by atoms with van der Waals surface area (Å²) >= 11 is 0. The van der Waals surface area contributed by atoms with Crippen molar-refractivity contribution < 1.29 is 0 Å². The van der Waals surface area contributed by atoms with Crippen LogP contribution in [0.2, 0.25) is 0 Å². The van der Waals surface area contributed by atoms with Gasteiger partial charge in [0.25, 0.3) is 0 Å². The second kappa shape index (κ2) is 7.35. The summed E-state index contributed by atoms with van der Waals surface area (Å²) in [5, 5.41) is 9.15. The van der Waals surface area contributed by atoms with Gasteiger partial charge < -0.3 is 14.9 Å². The average Bonchev–Trinajstić information content (AvgIpc) is 3.42. The van der Waals surface area contributed by atoms with E-state index in [0.717, 1.165) is 52.4 Å². The summed E-state index contributed by atoms with van der Waals surface area (Å²) in [6, 6.07) is 16.3. The van der Waals surface area contributed by atoms with Gasteiger partial charge in [-0.05, 0) is 31.5 Å². The molecule has 0 aliphatic heterocycles. The highest BCUT2D eigenvalue weighted by molar-refractivity contribution is 5.96. The van der Waals surface area contributed by atoms with Crippen molar-refractivity contribution >= 4 is 21.8 Å². The predicted molar refractivity (Wildman–Crippen MR) is 120 cm³/mol. The molecule has 5 rings (SSSR count). The van der Waals surface area contributed by atoms with Crippen molar-refractivity contribution in [2.45, 2.75) is 19.4 Å². The molecule has 3 heterocycles. The minimum atomic E-state index is -0.247. The van der Waals surface area contributed by atoms with E-state index in [0.29, 0.717) is 12.4 Å². The Bertz CT molecular complexity index is 1400. The maximum Gasteiger partial charge on any atom is 0.348 e. The molecule has 0 atom stereocenters. The Morgan fingerprint density at radius 3 is 2.50 bits per heavy atom. The zero-order valence-electron chi connectivity index (χ0n) is 16.9. The van der Waals surface area contributed by atoms with Crippen LogP contribution >= 0.6 is 0 Å². The molecule has 0 bridgehead atoms. The van der Waals surface area contributed by atoms with Crippen LogP contribution in [-0.4, -0.2) is 30.4 Å². The minimum absolute atomic E-state index is 0.247. The molecule has 3 aromatic heterocycles. The molecule has 7 heteroatoms. The molecule has 5 aromatic rings. The van der Waals surface area contributed by atoms with Crippen molar-refractivity contribution in [2.75, 3.05) is 6.54 Å². The van der Waals surface area contributed by atoms with Crippen molar-refractivity contribution in [1.82, 2.24) is 23.9 Å². The van der Waals surface area contributed by atoms with Crippen molar-refractivity contribution in [1.29, 1.82) is 0 Å². The Balaban J connectivity index is 1.72. The van der Waals surface area contributed by atoms with Crippen LogP contribution in [0.1, 0.15) is 12.8 Å². The van der Waals surface area contributed by atoms with Gasteiger partial charge in [-0.15, -0.1) is 0 Å². The van der Waals surface area contributed by atoms with E-state index in [2.05, 4.69) is 43.6 Å². The van der Waals surface area contributed by atoms with Crippen molar-refractivity contribution in [2.24, 2.45) is 12.8 Å². The fourth-order valence-electron chi connectivity index (χ4n) is 4.24. The highest BCUT2D eigenvalue weighted by atomic mass is 16.1. The number of aryl methyl sites for hydroxylation is 2. The summed E-state index contributed by atoms with van der Waals surface area (Å²) in [6.45, 7) is 1.53. The molecule has 0 aliphatic rings. The van der Waals surface area contributed by atoms with Crippen LogP contribution < -0.4 is 11.4 Å². The third-order valence-electron chi connectivity index (χ3n) is 5.67. The predicted octanol–water partition coefficient (Wildman–Crippen LogP) is 3.41. The molecular weight excluding hydrogens is 376 g/mol. The number of aromatic amines is 1. The van der Waals surface area contributed by atoms with Gasteiger partial charge in [0, 0.05) is 47.8 Å². The van der Waals surface area contributed by atoms with Gasteiger partial charge in [-0.25, -0.2) is 14.5 Å². The van der Waals surface area contributed by atoms with E-state index in [1.54, 1.807) is 4.57 Å². The number of rotatable bonds is 6. The molecule has 0 spiro atoms. The smallest absolute Gasteiger partial charge is 0.348 e. The second-order valence-corrected chi connectivity index (χ2v) is 7.58. The average molecular weight is 400 g/mol. The Kier molecular flexibility index (Phi) is 4.52. The second-order valence-electron chi connectivity index (χ2n) is 7.58. The Labute approximate surface area is 173 Å². The molecule has 0 aliphatic carbocycles. The van der Waals surface area contributed by atoms with E-state index in [4.69, 9.17) is 5.73 Å². The highest BCUT2D eigenvalue weighted by Gasteiger charge is 2.20. The lowest BCUT2D eigenvalue weighted by atomic mass is 10.1. The molecule has 0 unspecified atom stereocenters. The van der Waals surface area contributed by atoms with Crippen LogP contribution in [0.25, 0.3) is 38.9 Å². The number of nitrogens with zero attached hydrogens (tertiary/aromatic N) is 4. The number of nitrogens with two attached hydrogens (primary N) is 1. The van der Waals surface area contributed by atoms with E-state index in [9.17, 15) is 4.79 Å². The Morgan fingerprint density at radius 2 is 1.70 bits per heavy atom. The first-order valence-electron chi connectivity index (χ1n) is 10.2. The number of benzene rings is 2. The van der Waals surface area contributed by atoms with Crippen LogP contribution in [0.3, 0.4) is 0 Å². The van der Waals surface area contributed by atoms with Gasteiger partial charge in [-0.1, -0.05) is 36.4 Å². The number of H-pyrrole nitrogens is 1. The molecule has 2 aromatic carbocycles. The Morgan fingerprint density at radius 1 is 0.967 bits per heavy atom. The highest BCUT2D eigenvalue weighted by Crippen LogP contribution is 2.32. The lowest BCUT2D eigenvalue weighted by molar-refractivity contribution is 0.629. The first kappa shape index (κ1) is 18.4. The van der Waals surface area contributed by atoms with Crippen molar-refractivity contribution in [3.05, 3.63) is 71.4 Å². The zero-order valence-corrected chi connectivity index (χ0v) is 16.9. The number of para-hydroxylation sites is 2. The third-order valence-corrected chi connectivity index (χ3v) is 5.67. The molecule has 0 amide bonds. The normalized spacial score (nSPS) is 11.7. The number of hydrogen-bond acceptors (Lipinski definition) is 3. The molecule has 0 saturated heterocycles. The van der Waals surface area contributed by atoms with Gasteiger partial charge in [0.1, 0.15) is 0 Å². The van der Waals surface area contributed by atoms with Gasteiger partial charge in [0.15, 0.2) is 5.82 Å². The summed E-state index contributed by atoms with van der Waals surface area (Å²) < 4.78 is 5.94. The first-order chi connectivity index (χ1) is 14.7. The summed E-state index contributed by atoms with van der Waals surface area (Å²) in [4.78, 5) is 12.9. The van der Waals surface area contributed by atoms with Crippen molar-refractivity contribution in [3.8, 4) is 17.1 Å². The molecule has 0 saturated carbocycles. The molecule has 7 nitrogen and oxygen atoms in total. The van der Waals surface area contributed by atoms with Gasteiger partial charge in [0.05, 0.1) is 11.2 Å². The maximum absolute atomic E-state index is 12.9. The number of fused-ring (bicyclic) bond motifs is 2. The zero-order chi connectivity index (χ0) is 20.7. The monoisotopic (exact) mass is 400 g/mol. The van der Waals surface area contributed by atoms with Gasteiger partial charge in [-0.3, -0.25) is 0 Å². The number of hydrogen-bond donors (Lipinski definition) is 2. The fraction of sp³-hybridized carbons (Fsp3) is 0.217. The van der Waals surface area contributed by atoms with E-state index >= 15 is 0 Å². The molecule has 30 heavy (non-hydrogen) atoms. The van der Waals surface area contributed by atoms with E-state index in [1.807, 2.05) is 43.7 Å². The molecule has 152 valence electrons. The first-order valence-corrected chi connectivity index (χ1v) is 10.2. The maximum atomic E-state index is 12.9. The van der Waals surface area contributed by atoms with Crippen LogP contribution in [0.5, 0.6) is 0 Å². The van der Waals surface area contributed by atoms with Crippen LogP contribution in [0.15, 0.2) is 65.7 Å². The van der Waals surface area contributed by atoms with Crippen LogP contribution in [0, 0.1) is 0 Å². The largest absolute Gasteiger partial charge is 0.350 e. The molecule has 0 radical (unpaired) electrons. The van der Waals surface area contributed by atoms with E-state index in [-0.39, 0.29) is 5.69 Å². The lowest BCUT2D eigenvalue weighted by Gasteiger charge is -2.04. The molecular formula is C23H24N6O. The number of unbranched alkanes of at least 4 members (excludes halogenated alkanes) is 1. The van der Waals surface area contributed by atoms with Crippen LogP contribution in [0.4, 0.5) is 0 Å². The topological polar surface area (TPSA) is 86.6 Å². The van der Waals surface area contributed by atoms with Crippen LogP contribution in [-0.2, 0) is 13.6 Å². The SMILES string of the molecule is Cn1cc(-c2n[nH]c(=O)n2-c2cn(CCCCN)c3ccccc23)c2ccccc21. The van der Waals surface area contributed by atoms with Gasteiger partial charge in [0.2, 0.25) is 0 Å². The summed E-state index contributed by atoms with van der Waals surface area (Å²) in [7, 11) is 2.00. The van der Waals surface area contributed by atoms with Crippen molar-refractivity contribution in [3.63, 3.8) is 0 Å². The lowest BCUT2D eigenvalue weighted by Crippen LogP contribution is -2.15. The van der Waals surface area contributed by atoms with Gasteiger partial charge in [-0.2, -0.15) is 5.10 Å². The number of nitrogens with one attached hydrogen (secondary N) is 1.